The summed E-state index contributed by atoms with van der Waals surface area (Å²) in [6, 6.07) is 11.5. The monoisotopic (exact) mass is 371 g/mol. The van der Waals surface area contributed by atoms with Crippen molar-refractivity contribution in [1.82, 2.24) is 0 Å². The van der Waals surface area contributed by atoms with Gasteiger partial charge >= 0.3 is 0 Å². The Hall–Kier alpha value is -0.830. The van der Waals surface area contributed by atoms with E-state index in [2.05, 4.69) is 37.9 Å². The van der Waals surface area contributed by atoms with Crippen LogP contribution >= 0.6 is 43.2 Å². The lowest BCUT2D eigenvalue weighted by atomic mass is 10.2. The molecule has 0 aliphatic heterocycles. The summed E-state index contributed by atoms with van der Waals surface area (Å²) in [5, 5.41) is 8.99. The largest absolute Gasteiger partial charge is 0.487 e. The van der Waals surface area contributed by atoms with Crippen LogP contribution in [0.4, 0.5) is 0 Å². The van der Waals surface area contributed by atoms with E-state index in [1.807, 2.05) is 18.2 Å². The SMILES string of the molecule is N#Cc1cc(Br)ccc1OCc1ccc(Br)s1. The molecular formula is C12H7Br2NOS. The van der Waals surface area contributed by atoms with Crippen molar-refractivity contribution < 1.29 is 4.74 Å². The van der Waals surface area contributed by atoms with Gasteiger partial charge in [0, 0.05) is 9.35 Å². The molecule has 0 atom stereocenters. The van der Waals surface area contributed by atoms with Crippen LogP contribution in [0.1, 0.15) is 10.4 Å². The summed E-state index contributed by atoms with van der Waals surface area (Å²) >= 11 is 8.35. The van der Waals surface area contributed by atoms with E-state index in [4.69, 9.17) is 10.00 Å². The van der Waals surface area contributed by atoms with Gasteiger partial charge in [-0.25, -0.2) is 0 Å². The summed E-state index contributed by atoms with van der Waals surface area (Å²) in [6.07, 6.45) is 0. The number of ether oxygens (including phenoxy) is 1. The molecule has 2 rings (SSSR count). The Morgan fingerprint density at radius 3 is 2.71 bits per heavy atom. The number of benzene rings is 1. The molecule has 0 fully saturated rings. The van der Waals surface area contributed by atoms with Gasteiger partial charge < -0.3 is 4.74 Å². The van der Waals surface area contributed by atoms with Gasteiger partial charge in [-0.1, -0.05) is 15.9 Å². The fraction of sp³-hybridized carbons (Fsp3) is 0.0833. The van der Waals surface area contributed by atoms with Crippen molar-refractivity contribution in [3.8, 4) is 11.8 Å². The van der Waals surface area contributed by atoms with Crippen LogP contribution < -0.4 is 4.74 Å². The molecule has 0 saturated carbocycles. The van der Waals surface area contributed by atoms with E-state index >= 15 is 0 Å². The Morgan fingerprint density at radius 1 is 1.24 bits per heavy atom. The zero-order valence-electron chi connectivity index (χ0n) is 8.61. The van der Waals surface area contributed by atoms with Crippen molar-refractivity contribution in [2.24, 2.45) is 0 Å². The van der Waals surface area contributed by atoms with Crippen molar-refractivity contribution in [2.75, 3.05) is 0 Å². The molecule has 0 unspecified atom stereocenters. The molecule has 0 radical (unpaired) electrons. The first-order valence-electron chi connectivity index (χ1n) is 4.75. The zero-order valence-corrected chi connectivity index (χ0v) is 12.6. The fourth-order valence-electron chi connectivity index (χ4n) is 1.29. The molecule has 0 aliphatic carbocycles. The van der Waals surface area contributed by atoms with Gasteiger partial charge in [0.05, 0.1) is 9.35 Å². The van der Waals surface area contributed by atoms with Crippen LogP contribution in [0.2, 0.25) is 0 Å². The van der Waals surface area contributed by atoms with E-state index in [1.165, 1.54) is 0 Å². The van der Waals surface area contributed by atoms with Crippen molar-refractivity contribution in [3.05, 3.63) is 49.0 Å². The maximum absolute atomic E-state index is 8.99. The summed E-state index contributed by atoms with van der Waals surface area (Å²) in [5.74, 6) is 0.611. The summed E-state index contributed by atoms with van der Waals surface area (Å²) < 4.78 is 7.58. The van der Waals surface area contributed by atoms with Gasteiger partial charge in [0.25, 0.3) is 0 Å². The molecule has 17 heavy (non-hydrogen) atoms. The predicted octanol–water partition coefficient (Wildman–Crippen LogP) is 4.72. The Balaban J connectivity index is 2.12. The molecule has 0 saturated heterocycles. The molecule has 2 nitrogen and oxygen atoms in total. The smallest absolute Gasteiger partial charge is 0.137 e. The Kier molecular flexibility index (Phi) is 4.21. The maximum atomic E-state index is 8.99. The second-order valence-corrected chi connectivity index (χ2v) is 6.71. The molecule has 0 aliphatic rings. The van der Waals surface area contributed by atoms with E-state index in [1.54, 1.807) is 23.5 Å². The van der Waals surface area contributed by atoms with Crippen LogP contribution in [-0.2, 0) is 6.61 Å². The number of rotatable bonds is 3. The normalized spacial score (nSPS) is 9.94. The average molecular weight is 373 g/mol. The first-order chi connectivity index (χ1) is 8.19. The zero-order chi connectivity index (χ0) is 12.3. The van der Waals surface area contributed by atoms with Gasteiger partial charge in [-0.15, -0.1) is 11.3 Å². The molecule has 2 aromatic rings. The number of hydrogen-bond donors (Lipinski definition) is 0. The Bertz CT molecular complexity index is 574. The lowest BCUT2D eigenvalue weighted by Gasteiger charge is -2.06. The molecule has 0 spiro atoms. The number of thiophene rings is 1. The Morgan fingerprint density at radius 2 is 2.06 bits per heavy atom. The van der Waals surface area contributed by atoms with Crippen LogP contribution in [0, 0.1) is 11.3 Å². The van der Waals surface area contributed by atoms with Gasteiger partial charge in [-0.2, -0.15) is 5.26 Å². The summed E-state index contributed by atoms with van der Waals surface area (Å²) in [7, 11) is 0. The first-order valence-corrected chi connectivity index (χ1v) is 7.16. The molecule has 1 heterocycles. The highest BCUT2D eigenvalue weighted by molar-refractivity contribution is 9.11. The van der Waals surface area contributed by atoms with E-state index in [0.717, 1.165) is 13.1 Å². The lowest BCUT2D eigenvalue weighted by Crippen LogP contribution is -1.95. The second kappa shape index (κ2) is 5.67. The maximum Gasteiger partial charge on any atom is 0.137 e. The number of halogens is 2. The quantitative estimate of drug-likeness (QED) is 0.780. The highest BCUT2D eigenvalue weighted by Gasteiger charge is 2.05. The topological polar surface area (TPSA) is 33.0 Å². The molecule has 0 N–H and O–H groups in total. The third-order valence-electron chi connectivity index (χ3n) is 2.06. The molecule has 0 amide bonds. The first kappa shape index (κ1) is 12.6. The average Bonchev–Trinajstić information content (AvgIpc) is 2.73. The fourth-order valence-corrected chi connectivity index (χ4v) is 3.05. The number of hydrogen-bond acceptors (Lipinski definition) is 3. The van der Waals surface area contributed by atoms with Crippen LogP contribution in [0.25, 0.3) is 0 Å². The number of nitrogens with zero attached hydrogens (tertiary/aromatic N) is 1. The lowest BCUT2D eigenvalue weighted by molar-refractivity contribution is 0.309. The van der Waals surface area contributed by atoms with Crippen molar-refractivity contribution >= 4 is 43.2 Å². The molecule has 5 heteroatoms. The van der Waals surface area contributed by atoms with E-state index in [0.29, 0.717) is 17.9 Å². The Labute approximate surface area is 120 Å². The minimum atomic E-state index is 0.479. The third kappa shape index (κ3) is 3.32. The van der Waals surface area contributed by atoms with Gasteiger partial charge in [0.1, 0.15) is 18.4 Å². The number of nitriles is 1. The minimum Gasteiger partial charge on any atom is -0.487 e. The molecule has 1 aromatic heterocycles. The van der Waals surface area contributed by atoms with Gasteiger partial charge in [0.15, 0.2) is 0 Å². The molecular weight excluding hydrogens is 366 g/mol. The van der Waals surface area contributed by atoms with Crippen LogP contribution in [-0.4, -0.2) is 0 Å². The standard InChI is InChI=1S/C12H7Br2NOS/c13-9-1-3-11(8(5-9)6-15)16-7-10-2-4-12(14)17-10/h1-5H,7H2. The molecule has 0 bridgehead atoms. The van der Waals surface area contributed by atoms with Gasteiger partial charge in [-0.05, 0) is 46.3 Å². The van der Waals surface area contributed by atoms with Crippen LogP contribution in [0.15, 0.2) is 38.6 Å². The van der Waals surface area contributed by atoms with Gasteiger partial charge in [0.2, 0.25) is 0 Å². The van der Waals surface area contributed by atoms with E-state index in [-0.39, 0.29) is 0 Å². The third-order valence-corrected chi connectivity index (χ3v) is 4.15. The second-order valence-electron chi connectivity index (χ2n) is 3.25. The van der Waals surface area contributed by atoms with Crippen LogP contribution in [0.5, 0.6) is 5.75 Å². The highest BCUT2D eigenvalue weighted by atomic mass is 79.9. The van der Waals surface area contributed by atoms with Crippen LogP contribution in [0.3, 0.4) is 0 Å². The summed E-state index contributed by atoms with van der Waals surface area (Å²) in [4.78, 5) is 1.11. The molecule has 86 valence electrons. The van der Waals surface area contributed by atoms with Crippen molar-refractivity contribution in [2.45, 2.75) is 6.61 Å². The van der Waals surface area contributed by atoms with E-state index < -0.39 is 0 Å². The summed E-state index contributed by atoms with van der Waals surface area (Å²) in [5.41, 5.74) is 0.537. The predicted molar refractivity (Wildman–Crippen MR) is 75.2 cm³/mol. The van der Waals surface area contributed by atoms with Gasteiger partial charge in [-0.3, -0.25) is 0 Å². The van der Waals surface area contributed by atoms with E-state index in [9.17, 15) is 0 Å². The van der Waals surface area contributed by atoms with Crippen molar-refractivity contribution in [3.63, 3.8) is 0 Å². The minimum absolute atomic E-state index is 0.479. The van der Waals surface area contributed by atoms with Crippen molar-refractivity contribution in [1.29, 1.82) is 5.26 Å². The summed E-state index contributed by atoms with van der Waals surface area (Å²) in [6.45, 7) is 0.479. The highest BCUT2D eigenvalue weighted by Crippen LogP contribution is 2.26. The molecule has 1 aromatic carbocycles.